The zero-order valence-corrected chi connectivity index (χ0v) is 20.9. The Labute approximate surface area is 216 Å². The Morgan fingerprint density at radius 3 is 2.38 bits per heavy atom. The summed E-state index contributed by atoms with van der Waals surface area (Å²) in [6.07, 6.45) is 0.281. The first-order chi connectivity index (χ1) is 16.5. The van der Waals surface area contributed by atoms with Crippen LogP contribution in [0.1, 0.15) is 12.2 Å². The van der Waals surface area contributed by atoms with Crippen LogP contribution in [0.3, 0.4) is 0 Å². The number of hydrogen-bond donors (Lipinski definition) is 2. The highest BCUT2D eigenvalue weighted by Crippen LogP contribution is 2.27. The number of carbonyl (C=O) groups is 1. The number of thioether (sulfide) groups is 1. The van der Waals surface area contributed by atoms with Gasteiger partial charge in [0.15, 0.2) is 11.0 Å². The Hall–Kier alpha value is -2.71. The van der Waals surface area contributed by atoms with Gasteiger partial charge in [0, 0.05) is 33.6 Å². The molecule has 6 nitrogen and oxygen atoms in total. The molecule has 0 fully saturated rings. The van der Waals surface area contributed by atoms with Gasteiger partial charge in [0.05, 0.1) is 17.3 Å². The third kappa shape index (κ3) is 6.45. The van der Waals surface area contributed by atoms with Gasteiger partial charge in [-0.1, -0.05) is 64.8 Å². The number of hydrogen-bond acceptors (Lipinski definition) is 5. The number of halogens is 3. The van der Waals surface area contributed by atoms with Crippen LogP contribution >= 0.6 is 46.6 Å². The lowest BCUT2D eigenvalue weighted by Crippen LogP contribution is -2.13. The van der Waals surface area contributed by atoms with Gasteiger partial charge in [0.1, 0.15) is 0 Å². The average molecular weight is 533 g/mol. The Kier molecular flexibility index (Phi) is 8.34. The molecule has 0 aliphatic heterocycles. The number of carbonyl (C=O) groups excluding carboxylic acids is 1. The lowest BCUT2D eigenvalue weighted by atomic mass is 10.3. The van der Waals surface area contributed by atoms with Crippen molar-refractivity contribution in [3.8, 4) is 5.69 Å². The molecule has 0 atom stereocenters. The van der Waals surface area contributed by atoms with Crippen molar-refractivity contribution in [3.63, 3.8) is 0 Å². The van der Waals surface area contributed by atoms with Crippen LogP contribution in [-0.2, 0) is 11.3 Å². The molecule has 4 aromatic rings. The molecule has 0 bridgehead atoms. The molecule has 34 heavy (non-hydrogen) atoms. The fourth-order valence-corrected chi connectivity index (χ4v) is 4.62. The first kappa shape index (κ1) is 24.4. The van der Waals surface area contributed by atoms with Crippen molar-refractivity contribution < 1.29 is 4.79 Å². The smallest absolute Gasteiger partial charge is 0.225 e. The van der Waals surface area contributed by atoms with Crippen LogP contribution in [-0.4, -0.2) is 26.4 Å². The van der Waals surface area contributed by atoms with Gasteiger partial charge in [-0.15, -0.1) is 10.2 Å². The van der Waals surface area contributed by atoms with Crippen LogP contribution < -0.4 is 10.6 Å². The van der Waals surface area contributed by atoms with Crippen molar-refractivity contribution in [1.29, 1.82) is 0 Å². The van der Waals surface area contributed by atoms with Crippen LogP contribution in [0.4, 0.5) is 11.4 Å². The molecule has 0 aliphatic rings. The monoisotopic (exact) mass is 531 g/mol. The summed E-state index contributed by atoms with van der Waals surface area (Å²) in [5.41, 5.74) is 2.41. The van der Waals surface area contributed by atoms with Crippen LogP contribution in [0.25, 0.3) is 5.69 Å². The van der Waals surface area contributed by atoms with Gasteiger partial charge in [-0.05, 0) is 54.6 Å². The van der Waals surface area contributed by atoms with Crippen molar-refractivity contribution in [2.24, 2.45) is 0 Å². The van der Waals surface area contributed by atoms with Gasteiger partial charge < -0.3 is 10.6 Å². The fraction of sp³-hybridized carbons (Fsp3) is 0.125. The fourth-order valence-electron chi connectivity index (χ4n) is 3.13. The molecule has 10 heteroatoms. The largest absolute Gasteiger partial charge is 0.378 e. The summed E-state index contributed by atoms with van der Waals surface area (Å²) in [7, 11) is 0. The minimum Gasteiger partial charge on any atom is -0.378 e. The molecule has 1 amide bonds. The van der Waals surface area contributed by atoms with Gasteiger partial charge >= 0.3 is 0 Å². The third-order valence-corrected chi connectivity index (χ3v) is 6.51. The number of para-hydroxylation sites is 1. The van der Waals surface area contributed by atoms with Gasteiger partial charge in [0.2, 0.25) is 5.91 Å². The molecule has 4 rings (SSSR count). The number of rotatable bonds is 9. The first-order valence-corrected chi connectivity index (χ1v) is 12.5. The van der Waals surface area contributed by atoms with Crippen LogP contribution in [0.2, 0.25) is 15.1 Å². The number of anilines is 2. The first-order valence-electron chi connectivity index (χ1n) is 10.4. The summed E-state index contributed by atoms with van der Waals surface area (Å²) in [6.45, 7) is 0.472. The molecule has 3 aromatic carbocycles. The van der Waals surface area contributed by atoms with E-state index in [2.05, 4.69) is 20.8 Å². The normalized spacial score (nSPS) is 10.8. The Bertz CT molecular complexity index is 1270. The Morgan fingerprint density at radius 2 is 1.65 bits per heavy atom. The van der Waals surface area contributed by atoms with E-state index in [1.165, 1.54) is 11.8 Å². The lowest BCUT2D eigenvalue weighted by Gasteiger charge is -2.12. The van der Waals surface area contributed by atoms with E-state index in [1.807, 2.05) is 59.2 Å². The SMILES string of the molecule is O=C(CCSc1nnc(CNc2ccc(Cl)cc2)n1-c1ccccc1)Nc1ccc(Cl)cc1Cl. The summed E-state index contributed by atoms with van der Waals surface area (Å²) in [5.74, 6) is 1.13. The lowest BCUT2D eigenvalue weighted by molar-refractivity contribution is -0.115. The van der Waals surface area contributed by atoms with Crippen LogP contribution in [0.15, 0.2) is 78.0 Å². The van der Waals surface area contributed by atoms with Crippen molar-refractivity contribution in [3.05, 3.63) is 93.7 Å². The maximum absolute atomic E-state index is 12.4. The minimum absolute atomic E-state index is 0.146. The van der Waals surface area contributed by atoms with E-state index in [9.17, 15) is 4.79 Å². The van der Waals surface area contributed by atoms with Gasteiger partial charge in [-0.2, -0.15) is 0 Å². The number of benzene rings is 3. The zero-order valence-electron chi connectivity index (χ0n) is 17.8. The van der Waals surface area contributed by atoms with Gasteiger partial charge in [-0.25, -0.2) is 0 Å². The van der Waals surface area contributed by atoms with Crippen molar-refractivity contribution in [2.45, 2.75) is 18.1 Å². The maximum Gasteiger partial charge on any atom is 0.225 e. The summed E-state index contributed by atoms with van der Waals surface area (Å²) >= 11 is 19.5. The van der Waals surface area contributed by atoms with Gasteiger partial charge in [0.25, 0.3) is 0 Å². The van der Waals surface area contributed by atoms with E-state index in [4.69, 9.17) is 34.8 Å². The number of nitrogens with one attached hydrogen (secondary N) is 2. The molecular weight excluding hydrogens is 513 g/mol. The number of aromatic nitrogens is 3. The molecule has 2 N–H and O–H groups in total. The summed E-state index contributed by atoms with van der Waals surface area (Å²) in [5, 5.41) is 17.2. The zero-order chi connectivity index (χ0) is 23.9. The molecule has 0 aliphatic carbocycles. The second-order valence-electron chi connectivity index (χ2n) is 7.20. The number of amides is 1. The molecule has 0 spiro atoms. The molecule has 1 aromatic heterocycles. The van der Waals surface area contributed by atoms with Gasteiger partial charge in [-0.3, -0.25) is 9.36 Å². The molecule has 0 saturated carbocycles. The molecular formula is C24H20Cl3N5OS. The predicted octanol–water partition coefficient (Wildman–Crippen LogP) is 6.96. The highest BCUT2D eigenvalue weighted by atomic mass is 35.5. The van der Waals surface area contributed by atoms with Crippen molar-refractivity contribution >= 4 is 63.8 Å². The second-order valence-corrected chi connectivity index (χ2v) is 9.54. The second kappa shape index (κ2) is 11.6. The van der Waals surface area contributed by atoms with Crippen molar-refractivity contribution in [2.75, 3.05) is 16.4 Å². The van der Waals surface area contributed by atoms with E-state index in [0.29, 0.717) is 38.2 Å². The van der Waals surface area contributed by atoms with E-state index < -0.39 is 0 Å². The van der Waals surface area contributed by atoms with E-state index in [-0.39, 0.29) is 12.3 Å². The number of nitrogens with zero attached hydrogens (tertiary/aromatic N) is 3. The summed E-state index contributed by atoms with van der Waals surface area (Å²) in [6, 6.07) is 22.3. The summed E-state index contributed by atoms with van der Waals surface area (Å²) in [4.78, 5) is 12.4. The molecule has 0 radical (unpaired) electrons. The minimum atomic E-state index is -0.146. The highest BCUT2D eigenvalue weighted by molar-refractivity contribution is 7.99. The molecule has 0 saturated heterocycles. The highest BCUT2D eigenvalue weighted by Gasteiger charge is 2.15. The third-order valence-electron chi connectivity index (χ3n) is 4.78. The molecule has 1 heterocycles. The molecule has 174 valence electrons. The van der Waals surface area contributed by atoms with E-state index in [1.54, 1.807) is 18.2 Å². The molecule has 0 unspecified atom stereocenters. The van der Waals surface area contributed by atoms with E-state index >= 15 is 0 Å². The average Bonchev–Trinajstić information content (AvgIpc) is 3.24. The Balaban J connectivity index is 1.42. The van der Waals surface area contributed by atoms with Crippen molar-refractivity contribution in [1.82, 2.24) is 14.8 Å². The summed E-state index contributed by atoms with van der Waals surface area (Å²) < 4.78 is 1.99. The Morgan fingerprint density at radius 1 is 0.912 bits per heavy atom. The quantitative estimate of drug-likeness (QED) is 0.228. The van der Waals surface area contributed by atoms with Crippen LogP contribution in [0.5, 0.6) is 0 Å². The topological polar surface area (TPSA) is 71.8 Å². The standard InChI is InChI=1S/C24H20Cl3N5OS/c25-16-6-9-18(10-7-16)28-15-22-30-31-24(32(22)19-4-2-1-3-5-19)34-13-12-23(33)29-21-11-8-17(26)14-20(21)27/h1-11,14,28H,12-13,15H2,(H,29,33). The van der Waals surface area contributed by atoms with Crippen LogP contribution in [0, 0.1) is 0 Å². The maximum atomic E-state index is 12.4. The van der Waals surface area contributed by atoms with E-state index in [0.717, 1.165) is 17.2 Å². The predicted molar refractivity (Wildman–Crippen MR) is 141 cm³/mol.